The Morgan fingerprint density at radius 2 is 1.50 bits per heavy atom. The molecule has 78 valence electrons. The molecule has 14 heavy (non-hydrogen) atoms. The van der Waals surface area contributed by atoms with Gasteiger partial charge >= 0.3 is 0 Å². The first-order valence-electron chi connectivity index (χ1n) is 3.91. The van der Waals surface area contributed by atoms with Crippen molar-refractivity contribution in [1.29, 1.82) is 0 Å². The lowest BCUT2D eigenvalue weighted by molar-refractivity contribution is -0.0427. The minimum absolute atomic E-state index is 0.132. The number of aromatic hydroxyl groups is 1. The Balaban J connectivity index is 3.25. The van der Waals surface area contributed by atoms with E-state index < -0.39 is 6.29 Å². The molecule has 0 aromatic heterocycles. The predicted molar refractivity (Wildman–Crippen MR) is 48.4 cm³/mol. The molecule has 0 saturated carbocycles. The Bertz CT molecular complexity index is 296. The molecule has 0 radical (unpaired) electrons. The molecule has 5 heteroatoms. The summed E-state index contributed by atoms with van der Waals surface area (Å²) >= 11 is 0. The van der Waals surface area contributed by atoms with Gasteiger partial charge in [0.05, 0.1) is 14.2 Å². The van der Waals surface area contributed by atoms with Crippen LogP contribution in [0.5, 0.6) is 17.2 Å². The first-order valence-corrected chi connectivity index (χ1v) is 3.91. The summed E-state index contributed by atoms with van der Waals surface area (Å²) in [5.74, 6) is 0.0966. The summed E-state index contributed by atoms with van der Waals surface area (Å²) in [4.78, 5) is 0. The van der Waals surface area contributed by atoms with Crippen LogP contribution in [0.3, 0.4) is 0 Å². The van der Waals surface area contributed by atoms with Gasteiger partial charge in [-0.05, 0) is 12.1 Å². The number of aliphatic hydroxyl groups excluding tert-OH is 1. The summed E-state index contributed by atoms with van der Waals surface area (Å²) in [6, 6.07) is 2.64. The van der Waals surface area contributed by atoms with E-state index in [9.17, 15) is 5.11 Å². The van der Waals surface area contributed by atoms with Crippen molar-refractivity contribution in [2.45, 2.75) is 6.29 Å². The van der Waals surface area contributed by atoms with E-state index in [0.717, 1.165) is 0 Å². The number of phenols is 1. The third-order valence-corrected chi connectivity index (χ3v) is 1.80. The standard InChI is InChI=1S/C9H12O5/c1-13-6-3-5(9(11)12)4-7(14-2)8(6)10/h3-4,9-12H,1-2H3. The van der Waals surface area contributed by atoms with Gasteiger partial charge in [0.15, 0.2) is 17.8 Å². The van der Waals surface area contributed by atoms with Gasteiger partial charge in [-0.2, -0.15) is 0 Å². The monoisotopic (exact) mass is 200 g/mol. The largest absolute Gasteiger partial charge is 0.502 e. The van der Waals surface area contributed by atoms with Crippen molar-refractivity contribution in [2.24, 2.45) is 0 Å². The molecular weight excluding hydrogens is 188 g/mol. The maximum absolute atomic E-state index is 9.48. The highest BCUT2D eigenvalue weighted by Crippen LogP contribution is 2.38. The zero-order valence-corrected chi connectivity index (χ0v) is 7.89. The molecule has 0 fully saturated rings. The lowest BCUT2D eigenvalue weighted by atomic mass is 10.2. The van der Waals surface area contributed by atoms with Crippen molar-refractivity contribution in [3.63, 3.8) is 0 Å². The number of benzene rings is 1. The Morgan fingerprint density at radius 1 is 1.07 bits per heavy atom. The quantitative estimate of drug-likeness (QED) is 0.615. The second kappa shape index (κ2) is 4.17. The molecule has 0 amide bonds. The highest BCUT2D eigenvalue weighted by atomic mass is 16.5. The number of hydrogen-bond acceptors (Lipinski definition) is 5. The number of methoxy groups -OCH3 is 2. The van der Waals surface area contributed by atoms with E-state index >= 15 is 0 Å². The maximum atomic E-state index is 9.48. The fourth-order valence-corrected chi connectivity index (χ4v) is 1.06. The first-order chi connectivity index (χ1) is 6.60. The second-order valence-corrected chi connectivity index (χ2v) is 2.65. The maximum Gasteiger partial charge on any atom is 0.200 e. The van der Waals surface area contributed by atoms with Crippen LogP contribution in [0.2, 0.25) is 0 Å². The van der Waals surface area contributed by atoms with E-state index in [1.807, 2.05) is 0 Å². The summed E-state index contributed by atoms with van der Waals surface area (Å²) in [6.07, 6.45) is -1.63. The summed E-state index contributed by atoms with van der Waals surface area (Å²) in [5, 5.41) is 27.3. The van der Waals surface area contributed by atoms with Gasteiger partial charge in [-0.15, -0.1) is 0 Å². The molecule has 3 N–H and O–H groups in total. The molecule has 0 bridgehead atoms. The van der Waals surface area contributed by atoms with Crippen molar-refractivity contribution in [2.75, 3.05) is 14.2 Å². The Morgan fingerprint density at radius 3 is 1.79 bits per heavy atom. The molecule has 0 aliphatic rings. The zero-order chi connectivity index (χ0) is 10.7. The van der Waals surface area contributed by atoms with Gasteiger partial charge in [-0.25, -0.2) is 0 Å². The minimum atomic E-state index is -1.63. The second-order valence-electron chi connectivity index (χ2n) is 2.65. The average Bonchev–Trinajstić information content (AvgIpc) is 2.17. The first kappa shape index (κ1) is 10.6. The van der Waals surface area contributed by atoms with Crippen LogP contribution >= 0.6 is 0 Å². The highest BCUT2D eigenvalue weighted by molar-refractivity contribution is 5.52. The third kappa shape index (κ3) is 1.89. The van der Waals surface area contributed by atoms with Crippen LogP contribution in [-0.2, 0) is 0 Å². The molecule has 1 rings (SSSR count). The number of aliphatic hydroxyl groups is 2. The van der Waals surface area contributed by atoms with Crippen molar-refractivity contribution in [1.82, 2.24) is 0 Å². The lowest BCUT2D eigenvalue weighted by Crippen LogP contribution is -1.97. The Kier molecular flexibility index (Phi) is 3.16. The van der Waals surface area contributed by atoms with E-state index in [0.29, 0.717) is 0 Å². The van der Waals surface area contributed by atoms with Crippen LogP contribution in [-0.4, -0.2) is 29.5 Å². The van der Waals surface area contributed by atoms with Gasteiger partial charge in [0.2, 0.25) is 5.75 Å². The number of phenolic OH excluding ortho intramolecular Hbond substituents is 1. The smallest absolute Gasteiger partial charge is 0.200 e. The fraction of sp³-hybridized carbons (Fsp3) is 0.333. The number of ether oxygens (including phenoxy) is 2. The molecule has 1 aromatic rings. The molecule has 0 aliphatic heterocycles. The van der Waals surface area contributed by atoms with Crippen molar-refractivity contribution < 1.29 is 24.8 Å². The van der Waals surface area contributed by atoms with Crippen molar-refractivity contribution in [3.8, 4) is 17.2 Å². The summed E-state index contributed by atoms with van der Waals surface area (Å²) in [6.45, 7) is 0. The fourth-order valence-electron chi connectivity index (χ4n) is 1.06. The van der Waals surface area contributed by atoms with Crippen LogP contribution in [0, 0.1) is 0 Å². The molecule has 0 saturated heterocycles. The van der Waals surface area contributed by atoms with Gasteiger partial charge in [0.1, 0.15) is 0 Å². The van der Waals surface area contributed by atoms with Gasteiger partial charge in [-0.1, -0.05) is 0 Å². The Hall–Kier alpha value is -1.46. The normalized spacial score (nSPS) is 10.4. The van der Waals surface area contributed by atoms with Crippen LogP contribution in [0.4, 0.5) is 0 Å². The average molecular weight is 200 g/mol. The van der Waals surface area contributed by atoms with Gasteiger partial charge in [0, 0.05) is 5.56 Å². The zero-order valence-electron chi connectivity index (χ0n) is 7.89. The molecule has 1 aromatic carbocycles. The highest BCUT2D eigenvalue weighted by Gasteiger charge is 2.13. The van der Waals surface area contributed by atoms with Crippen LogP contribution in [0.25, 0.3) is 0 Å². The SMILES string of the molecule is COc1cc(C(O)O)cc(OC)c1O. The van der Waals surface area contributed by atoms with E-state index in [1.165, 1.54) is 26.4 Å². The Labute approximate surface area is 81.1 Å². The summed E-state index contributed by atoms with van der Waals surface area (Å²) in [7, 11) is 2.73. The van der Waals surface area contributed by atoms with E-state index in [4.69, 9.17) is 19.7 Å². The van der Waals surface area contributed by atoms with Crippen molar-refractivity contribution >= 4 is 0 Å². The summed E-state index contributed by atoms with van der Waals surface area (Å²) < 4.78 is 9.65. The topological polar surface area (TPSA) is 79.2 Å². The van der Waals surface area contributed by atoms with Crippen LogP contribution < -0.4 is 9.47 Å². The van der Waals surface area contributed by atoms with Crippen molar-refractivity contribution in [3.05, 3.63) is 17.7 Å². The minimum Gasteiger partial charge on any atom is -0.502 e. The molecular formula is C9H12O5. The van der Waals surface area contributed by atoms with E-state index in [2.05, 4.69) is 0 Å². The summed E-state index contributed by atoms with van der Waals surface area (Å²) in [5.41, 5.74) is 0.191. The van der Waals surface area contributed by atoms with Gasteiger partial charge < -0.3 is 24.8 Å². The van der Waals surface area contributed by atoms with Crippen LogP contribution in [0.1, 0.15) is 11.9 Å². The molecule has 0 atom stereocenters. The van der Waals surface area contributed by atoms with E-state index in [-0.39, 0.29) is 22.8 Å². The van der Waals surface area contributed by atoms with Gasteiger partial charge in [-0.3, -0.25) is 0 Å². The molecule has 5 nitrogen and oxygen atoms in total. The number of hydrogen-bond donors (Lipinski definition) is 3. The predicted octanol–water partition coefficient (Wildman–Crippen LogP) is 0.393. The lowest BCUT2D eigenvalue weighted by Gasteiger charge is -2.11. The van der Waals surface area contributed by atoms with Crippen LogP contribution in [0.15, 0.2) is 12.1 Å². The molecule has 0 aliphatic carbocycles. The van der Waals surface area contributed by atoms with Gasteiger partial charge in [0.25, 0.3) is 0 Å². The number of rotatable bonds is 3. The molecule has 0 spiro atoms. The molecule has 0 unspecified atom stereocenters. The van der Waals surface area contributed by atoms with E-state index in [1.54, 1.807) is 0 Å². The third-order valence-electron chi connectivity index (χ3n) is 1.80. The molecule has 0 heterocycles.